The number of hydrogen-bond donors (Lipinski definition) is 2. The number of nitrogens with zero attached hydrogens (tertiary/aromatic N) is 1. The van der Waals surface area contributed by atoms with E-state index < -0.39 is 5.97 Å². The molecular weight excluding hydrogens is 304 g/mol. The molecule has 1 aliphatic carbocycles. The molecule has 1 unspecified atom stereocenters. The Bertz CT molecular complexity index is 854. The molecule has 24 heavy (non-hydrogen) atoms. The van der Waals surface area contributed by atoms with E-state index in [4.69, 9.17) is 0 Å². The Morgan fingerprint density at radius 1 is 1.08 bits per heavy atom. The van der Waals surface area contributed by atoms with Crippen LogP contribution in [0.25, 0.3) is 0 Å². The molecule has 0 heterocycles. The fourth-order valence-electron chi connectivity index (χ4n) is 2.68. The molecule has 2 N–H and O–H groups in total. The SMILES string of the molecule is CC1=CC(c2ccccc2)C(=O)C1=NNc1ccccc1C(=O)O. The Hall–Kier alpha value is -3.21. The average Bonchev–Trinajstić information content (AvgIpc) is 2.88. The van der Waals surface area contributed by atoms with Crippen molar-refractivity contribution < 1.29 is 14.7 Å². The number of anilines is 1. The van der Waals surface area contributed by atoms with Crippen molar-refractivity contribution in [3.63, 3.8) is 0 Å². The summed E-state index contributed by atoms with van der Waals surface area (Å²) in [6.07, 6.45) is 1.88. The van der Waals surface area contributed by atoms with Crippen molar-refractivity contribution in [2.75, 3.05) is 5.43 Å². The number of benzene rings is 2. The smallest absolute Gasteiger partial charge is 0.337 e. The molecule has 0 bridgehead atoms. The first-order valence-corrected chi connectivity index (χ1v) is 7.52. The molecule has 2 aromatic carbocycles. The minimum atomic E-state index is -1.05. The second-order valence-electron chi connectivity index (χ2n) is 5.53. The van der Waals surface area contributed by atoms with Crippen molar-refractivity contribution in [3.8, 4) is 0 Å². The zero-order chi connectivity index (χ0) is 17.1. The van der Waals surface area contributed by atoms with E-state index in [1.165, 1.54) is 6.07 Å². The van der Waals surface area contributed by atoms with Crippen LogP contribution in [-0.4, -0.2) is 22.6 Å². The highest BCUT2D eigenvalue weighted by molar-refractivity contribution is 6.50. The lowest BCUT2D eigenvalue weighted by atomic mass is 9.97. The number of nitrogens with one attached hydrogen (secondary N) is 1. The molecule has 5 nitrogen and oxygen atoms in total. The third-order valence-corrected chi connectivity index (χ3v) is 3.91. The first-order chi connectivity index (χ1) is 11.6. The van der Waals surface area contributed by atoms with Crippen molar-refractivity contribution in [3.05, 3.63) is 77.4 Å². The number of carbonyl (C=O) groups is 2. The maximum Gasteiger partial charge on any atom is 0.337 e. The van der Waals surface area contributed by atoms with E-state index in [0.29, 0.717) is 11.4 Å². The highest BCUT2D eigenvalue weighted by Crippen LogP contribution is 2.28. The molecule has 2 aromatic rings. The molecule has 5 heteroatoms. The number of para-hydroxylation sites is 1. The minimum absolute atomic E-state index is 0.0981. The van der Waals surface area contributed by atoms with E-state index in [9.17, 15) is 14.7 Å². The van der Waals surface area contributed by atoms with Gasteiger partial charge in [-0.15, -0.1) is 0 Å². The van der Waals surface area contributed by atoms with Crippen LogP contribution < -0.4 is 5.43 Å². The molecule has 0 fully saturated rings. The van der Waals surface area contributed by atoms with E-state index in [0.717, 1.165) is 11.1 Å². The van der Waals surface area contributed by atoms with E-state index in [2.05, 4.69) is 10.5 Å². The lowest BCUT2D eigenvalue weighted by molar-refractivity contribution is -0.113. The van der Waals surface area contributed by atoms with Crippen molar-refractivity contribution in [2.45, 2.75) is 12.8 Å². The lowest BCUT2D eigenvalue weighted by Crippen LogP contribution is -2.17. The van der Waals surface area contributed by atoms with Gasteiger partial charge in [0.15, 0.2) is 5.78 Å². The van der Waals surface area contributed by atoms with Crippen LogP contribution in [0, 0.1) is 0 Å². The van der Waals surface area contributed by atoms with Gasteiger partial charge in [0.25, 0.3) is 0 Å². The molecule has 0 aliphatic heterocycles. The summed E-state index contributed by atoms with van der Waals surface area (Å²) in [4.78, 5) is 23.8. The van der Waals surface area contributed by atoms with Crippen LogP contribution in [-0.2, 0) is 4.79 Å². The summed E-state index contributed by atoms with van der Waals surface area (Å²) in [7, 11) is 0. The van der Waals surface area contributed by atoms with Gasteiger partial charge in [0, 0.05) is 0 Å². The quantitative estimate of drug-likeness (QED) is 0.846. The standard InChI is InChI=1S/C19H16N2O3/c1-12-11-15(13-7-3-2-4-8-13)18(22)17(12)21-20-16-10-6-5-9-14(16)19(23)24/h2-11,15,20H,1H3,(H,23,24). The van der Waals surface area contributed by atoms with Crippen molar-refractivity contribution in [1.82, 2.24) is 0 Å². The Balaban J connectivity index is 1.86. The topological polar surface area (TPSA) is 78.8 Å². The first kappa shape index (κ1) is 15.7. The number of hydrogen-bond acceptors (Lipinski definition) is 4. The molecule has 0 amide bonds. The van der Waals surface area contributed by atoms with Crippen LogP contribution in [0.1, 0.15) is 28.8 Å². The molecule has 0 saturated carbocycles. The second-order valence-corrected chi connectivity index (χ2v) is 5.53. The summed E-state index contributed by atoms with van der Waals surface area (Å²) in [5, 5.41) is 13.3. The number of aromatic carboxylic acids is 1. The van der Waals surface area contributed by atoms with Crippen LogP contribution in [0.3, 0.4) is 0 Å². The highest BCUT2D eigenvalue weighted by Gasteiger charge is 2.31. The fourth-order valence-corrected chi connectivity index (χ4v) is 2.68. The van der Waals surface area contributed by atoms with Crippen LogP contribution in [0.15, 0.2) is 71.3 Å². The minimum Gasteiger partial charge on any atom is -0.478 e. The average molecular weight is 320 g/mol. The van der Waals surface area contributed by atoms with E-state index in [-0.39, 0.29) is 17.3 Å². The zero-order valence-corrected chi connectivity index (χ0v) is 13.1. The monoisotopic (exact) mass is 320 g/mol. The van der Waals surface area contributed by atoms with Crippen molar-refractivity contribution >= 4 is 23.2 Å². The van der Waals surface area contributed by atoms with Gasteiger partial charge in [-0.05, 0) is 30.2 Å². The normalized spacial score (nSPS) is 18.5. The van der Waals surface area contributed by atoms with Crippen LogP contribution in [0.4, 0.5) is 5.69 Å². The number of carbonyl (C=O) groups excluding carboxylic acids is 1. The number of hydrazone groups is 1. The third kappa shape index (κ3) is 2.96. The molecule has 0 spiro atoms. The predicted molar refractivity (Wildman–Crippen MR) is 92.4 cm³/mol. The van der Waals surface area contributed by atoms with Crippen LogP contribution in [0.5, 0.6) is 0 Å². The van der Waals surface area contributed by atoms with E-state index in [1.807, 2.05) is 43.3 Å². The summed E-state index contributed by atoms with van der Waals surface area (Å²) in [5.41, 5.74) is 5.18. The Kier molecular flexibility index (Phi) is 4.24. The summed E-state index contributed by atoms with van der Waals surface area (Å²) in [5.74, 6) is -1.49. The summed E-state index contributed by atoms with van der Waals surface area (Å²) in [6.45, 7) is 1.82. The number of rotatable bonds is 4. The number of carboxylic acid groups (broad SMARTS) is 1. The Labute approximate surface area is 139 Å². The maximum atomic E-state index is 12.6. The van der Waals surface area contributed by atoms with Gasteiger partial charge >= 0.3 is 5.97 Å². The molecule has 0 saturated heterocycles. The lowest BCUT2D eigenvalue weighted by Gasteiger charge is -2.08. The number of ketones is 1. The van der Waals surface area contributed by atoms with E-state index in [1.54, 1.807) is 18.2 Å². The second kappa shape index (κ2) is 6.50. The molecular formula is C19H16N2O3. The Morgan fingerprint density at radius 3 is 2.46 bits per heavy atom. The van der Waals surface area contributed by atoms with Gasteiger partial charge in [-0.2, -0.15) is 5.10 Å². The van der Waals surface area contributed by atoms with Crippen molar-refractivity contribution in [2.24, 2.45) is 5.10 Å². The van der Waals surface area contributed by atoms with Crippen LogP contribution >= 0.6 is 0 Å². The first-order valence-electron chi connectivity index (χ1n) is 7.52. The van der Waals surface area contributed by atoms with Gasteiger partial charge in [-0.25, -0.2) is 4.79 Å². The summed E-state index contributed by atoms with van der Waals surface area (Å²) >= 11 is 0. The summed E-state index contributed by atoms with van der Waals surface area (Å²) in [6, 6.07) is 15.9. The van der Waals surface area contributed by atoms with Gasteiger partial charge in [0.05, 0.1) is 17.2 Å². The largest absolute Gasteiger partial charge is 0.478 e. The van der Waals surface area contributed by atoms with Gasteiger partial charge < -0.3 is 5.11 Å². The summed E-state index contributed by atoms with van der Waals surface area (Å²) < 4.78 is 0. The van der Waals surface area contributed by atoms with Gasteiger partial charge in [0.1, 0.15) is 5.71 Å². The fraction of sp³-hybridized carbons (Fsp3) is 0.105. The van der Waals surface area contributed by atoms with E-state index >= 15 is 0 Å². The number of Topliss-reactive ketones (excluding diaryl/α,β-unsaturated/α-hetero) is 1. The van der Waals surface area contributed by atoms with Gasteiger partial charge in [0.2, 0.25) is 0 Å². The molecule has 0 radical (unpaired) electrons. The molecule has 3 rings (SSSR count). The Morgan fingerprint density at radius 2 is 1.75 bits per heavy atom. The van der Waals surface area contributed by atoms with Gasteiger partial charge in [-0.1, -0.05) is 48.5 Å². The third-order valence-electron chi connectivity index (χ3n) is 3.91. The molecule has 120 valence electrons. The van der Waals surface area contributed by atoms with Gasteiger partial charge in [-0.3, -0.25) is 10.2 Å². The number of allylic oxidation sites excluding steroid dienone is 2. The van der Waals surface area contributed by atoms with Crippen LogP contribution in [0.2, 0.25) is 0 Å². The predicted octanol–water partition coefficient (Wildman–Crippen LogP) is 3.47. The molecule has 0 aromatic heterocycles. The molecule has 1 atom stereocenters. The van der Waals surface area contributed by atoms with Crippen molar-refractivity contribution in [1.29, 1.82) is 0 Å². The number of carboxylic acids is 1. The molecule has 1 aliphatic rings. The highest BCUT2D eigenvalue weighted by atomic mass is 16.4. The maximum absolute atomic E-state index is 12.6. The zero-order valence-electron chi connectivity index (χ0n) is 13.1.